The van der Waals surface area contributed by atoms with Crippen LogP contribution in [0, 0.1) is 13.8 Å². The maximum absolute atomic E-state index is 12.6. The molecule has 25 heavy (non-hydrogen) atoms. The molecule has 1 amide bonds. The third kappa shape index (κ3) is 3.84. The molecule has 130 valence electrons. The first-order valence-electron chi connectivity index (χ1n) is 7.94. The van der Waals surface area contributed by atoms with Crippen molar-refractivity contribution in [2.24, 2.45) is 4.99 Å². The zero-order valence-corrected chi connectivity index (χ0v) is 16.8. The second kappa shape index (κ2) is 7.77. The summed E-state index contributed by atoms with van der Waals surface area (Å²) in [5.74, 6) is 0.662. The number of aryl methyl sites for hydroxylation is 3. The number of rotatable bonds is 4. The third-order valence-electron chi connectivity index (χ3n) is 4.12. The van der Waals surface area contributed by atoms with Crippen LogP contribution in [0.15, 0.2) is 41.4 Å². The topological polar surface area (TPSA) is 34.4 Å². The molecule has 0 saturated carbocycles. The van der Waals surface area contributed by atoms with Crippen molar-refractivity contribution in [3.05, 3.63) is 62.9 Å². The van der Waals surface area contributed by atoms with Crippen LogP contribution < -0.4 is 4.80 Å². The molecule has 6 heteroatoms. The van der Waals surface area contributed by atoms with Gasteiger partial charge in [0.1, 0.15) is 0 Å². The molecule has 1 aromatic heterocycles. The van der Waals surface area contributed by atoms with Gasteiger partial charge < -0.3 is 4.57 Å². The van der Waals surface area contributed by atoms with Gasteiger partial charge in [0.2, 0.25) is 0 Å². The van der Waals surface area contributed by atoms with Crippen LogP contribution in [0.25, 0.3) is 10.2 Å². The molecule has 0 bridgehead atoms. The van der Waals surface area contributed by atoms with Crippen LogP contribution in [-0.2, 0) is 6.54 Å². The highest BCUT2D eigenvalue weighted by Crippen LogP contribution is 2.23. The first kappa shape index (κ1) is 18.2. The number of hydrogen-bond acceptors (Lipinski definition) is 3. The minimum Gasteiger partial charge on any atom is -0.315 e. The lowest BCUT2D eigenvalue weighted by atomic mass is 10.1. The summed E-state index contributed by atoms with van der Waals surface area (Å²) in [5, 5.41) is 0.430. The minimum absolute atomic E-state index is 0.302. The Morgan fingerprint density at radius 1 is 1.24 bits per heavy atom. The lowest BCUT2D eigenvalue weighted by Crippen LogP contribution is -2.18. The number of benzene rings is 2. The molecule has 0 radical (unpaired) electrons. The summed E-state index contributed by atoms with van der Waals surface area (Å²) in [4.78, 5) is 17.7. The van der Waals surface area contributed by atoms with E-state index < -0.39 is 0 Å². The Kier molecular flexibility index (Phi) is 5.67. The number of nitrogens with zero attached hydrogens (tertiary/aromatic N) is 2. The molecule has 2 aromatic carbocycles. The predicted molar refractivity (Wildman–Crippen MR) is 109 cm³/mol. The summed E-state index contributed by atoms with van der Waals surface area (Å²) in [6, 6.07) is 11.4. The van der Waals surface area contributed by atoms with E-state index in [1.54, 1.807) is 41.3 Å². The molecule has 0 unspecified atom stereocenters. The number of carbonyl (C=O) groups excluding carboxylic acids is 1. The highest BCUT2D eigenvalue weighted by Gasteiger charge is 2.12. The van der Waals surface area contributed by atoms with E-state index in [4.69, 9.17) is 11.6 Å². The van der Waals surface area contributed by atoms with Crippen LogP contribution in [0.5, 0.6) is 0 Å². The molecule has 0 aliphatic rings. The summed E-state index contributed by atoms with van der Waals surface area (Å²) in [6.07, 6.45) is 2.08. The van der Waals surface area contributed by atoms with Crippen LogP contribution in [-0.4, -0.2) is 22.5 Å². The Morgan fingerprint density at radius 3 is 2.68 bits per heavy atom. The van der Waals surface area contributed by atoms with Crippen LogP contribution in [0.3, 0.4) is 0 Å². The van der Waals surface area contributed by atoms with Gasteiger partial charge in [-0.1, -0.05) is 35.1 Å². The second-order valence-corrected chi connectivity index (χ2v) is 8.23. The van der Waals surface area contributed by atoms with E-state index in [0.29, 0.717) is 10.6 Å². The van der Waals surface area contributed by atoms with E-state index in [-0.39, 0.29) is 5.91 Å². The molecule has 3 rings (SSSR count). The number of thioether (sulfide) groups is 1. The maximum Gasteiger partial charge on any atom is 0.281 e. The van der Waals surface area contributed by atoms with Crippen molar-refractivity contribution >= 4 is 50.8 Å². The number of carbonyl (C=O) groups is 1. The van der Waals surface area contributed by atoms with Crippen LogP contribution >= 0.6 is 34.7 Å². The van der Waals surface area contributed by atoms with E-state index in [1.807, 2.05) is 6.07 Å². The molecule has 0 atom stereocenters. The van der Waals surface area contributed by atoms with Crippen LogP contribution in [0.4, 0.5) is 0 Å². The van der Waals surface area contributed by atoms with E-state index in [0.717, 1.165) is 27.3 Å². The van der Waals surface area contributed by atoms with Crippen molar-refractivity contribution in [2.45, 2.75) is 20.4 Å². The molecule has 0 aliphatic heterocycles. The van der Waals surface area contributed by atoms with Gasteiger partial charge in [0.15, 0.2) is 4.80 Å². The zero-order chi connectivity index (χ0) is 18.0. The van der Waals surface area contributed by atoms with Crippen molar-refractivity contribution < 1.29 is 4.79 Å². The molecule has 3 nitrogen and oxygen atoms in total. The van der Waals surface area contributed by atoms with Crippen molar-refractivity contribution in [2.75, 3.05) is 12.0 Å². The van der Waals surface area contributed by atoms with Gasteiger partial charge in [0, 0.05) is 12.3 Å². The number of aromatic nitrogens is 1. The Labute approximate surface area is 160 Å². The Morgan fingerprint density at radius 2 is 1.96 bits per heavy atom. The van der Waals surface area contributed by atoms with Crippen molar-refractivity contribution in [1.82, 2.24) is 4.57 Å². The molecule has 0 aliphatic carbocycles. The lowest BCUT2D eigenvalue weighted by Gasteiger charge is -2.06. The standard InChI is InChI=1S/C19H19ClN2OS2/c1-12-10-16-17(11-13(12)2)25-19(22(16)8-9-24-3)21-18(23)14-6-4-5-7-15(14)20/h4-7,10-11H,8-9H2,1-3H3. The number of thiazole rings is 1. The monoisotopic (exact) mass is 390 g/mol. The SMILES string of the molecule is CSCCn1c(=NC(=O)c2ccccc2Cl)sc2cc(C)c(C)cc21. The molecule has 0 spiro atoms. The minimum atomic E-state index is -0.302. The van der Waals surface area contributed by atoms with Crippen molar-refractivity contribution in [3.8, 4) is 0 Å². The van der Waals surface area contributed by atoms with Crippen LogP contribution in [0.2, 0.25) is 5.02 Å². The quantitative estimate of drug-likeness (QED) is 0.622. The van der Waals surface area contributed by atoms with Gasteiger partial charge in [-0.3, -0.25) is 4.79 Å². The molecule has 1 heterocycles. The molecular formula is C19H19ClN2OS2. The largest absolute Gasteiger partial charge is 0.315 e. The predicted octanol–water partition coefficient (Wildman–Crippen LogP) is 5.08. The molecule has 0 fully saturated rings. The number of halogens is 1. The van der Waals surface area contributed by atoms with E-state index in [2.05, 4.69) is 41.8 Å². The first-order valence-corrected chi connectivity index (χ1v) is 10.5. The molecule has 0 saturated heterocycles. The van der Waals surface area contributed by atoms with E-state index in [1.165, 1.54) is 11.1 Å². The summed E-state index contributed by atoms with van der Waals surface area (Å²) in [7, 11) is 0. The fourth-order valence-corrected chi connectivity index (χ4v) is 4.30. The second-order valence-electron chi connectivity index (χ2n) is 5.83. The third-order valence-corrected chi connectivity index (χ3v) is 6.08. The summed E-state index contributed by atoms with van der Waals surface area (Å²) in [6.45, 7) is 5.03. The highest BCUT2D eigenvalue weighted by molar-refractivity contribution is 7.98. The molecule has 3 aromatic rings. The van der Waals surface area contributed by atoms with E-state index in [9.17, 15) is 4.79 Å². The van der Waals surface area contributed by atoms with E-state index >= 15 is 0 Å². The van der Waals surface area contributed by atoms with Crippen LogP contribution in [0.1, 0.15) is 21.5 Å². The fraction of sp³-hybridized carbons (Fsp3) is 0.263. The lowest BCUT2D eigenvalue weighted by molar-refractivity contribution is 0.0998. The smallest absolute Gasteiger partial charge is 0.281 e. The van der Waals surface area contributed by atoms with Crippen molar-refractivity contribution in [1.29, 1.82) is 0 Å². The highest BCUT2D eigenvalue weighted by atomic mass is 35.5. The van der Waals surface area contributed by atoms with Gasteiger partial charge in [-0.05, 0) is 55.5 Å². The molecular weight excluding hydrogens is 372 g/mol. The fourth-order valence-electron chi connectivity index (χ4n) is 2.59. The Balaban J connectivity index is 2.17. The van der Waals surface area contributed by atoms with Gasteiger partial charge in [-0.25, -0.2) is 0 Å². The summed E-state index contributed by atoms with van der Waals surface area (Å²) in [5.41, 5.74) is 4.06. The summed E-state index contributed by atoms with van der Waals surface area (Å²) >= 11 is 9.47. The first-order chi connectivity index (χ1) is 12.0. The van der Waals surface area contributed by atoms with Gasteiger partial charge >= 0.3 is 0 Å². The zero-order valence-electron chi connectivity index (χ0n) is 14.4. The van der Waals surface area contributed by atoms with Gasteiger partial charge in [-0.15, -0.1) is 0 Å². The van der Waals surface area contributed by atoms with Gasteiger partial charge in [0.25, 0.3) is 5.91 Å². The average Bonchev–Trinajstić information content (AvgIpc) is 2.90. The van der Waals surface area contributed by atoms with Gasteiger partial charge in [0.05, 0.1) is 20.8 Å². The number of hydrogen-bond donors (Lipinski definition) is 0. The Bertz CT molecular complexity index is 1000. The summed E-state index contributed by atoms with van der Waals surface area (Å²) < 4.78 is 3.28. The number of fused-ring (bicyclic) bond motifs is 1. The Hall–Kier alpha value is -1.56. The van der Waals surface area contributed by atoms with Gasteiger partial charge in [-0.2, -0.15) is 16.8 Å². The van der Waals surface area contributed by atoms with Crippen molar-refractivity contribution in [3.63, 3.8) is 0 Å². The number of amides is 1. The maximum atomic E-state index is 12.6. The average molecular weight is 391 g/mol. The normalized spacial score (nSPS) is 12.1. The molecule has 0 N–H and O–H groups in total.